The Morgan fingerprint density at radius 3 is 2.25 bits per heavy atom. The van der Waals surface area contributed by atoms with Crippen LogP contribution in [0.3, 0.4) is 0 Å². The lowest BCUT2D eigenvalue weighted by Crippen LogP contribution is -2.42. The number of amides is 1. The van der Waals surface area contributed by atoms with Gasteiger partial charge in [0.15, 0.2) is 9.84 Å². The summed E-state index contributed by atoms with van der Waals surface area (Å²) in [5.74, 6) is 0.212. The molecule has 0 aromatic heterocycles. The molecule has 6 heteroatoms. The van der Waals surface area contributed by atoms with E-state index in [0.717, 1.165) is 12.8 Å². The van der Waals surface area contributed by atoms with Gasteiger partial charge in [-0.25, -0.2) is 8.42 Å². The van der Waals surface area contributed by atoms with E-state index < -0.39 is 9.84 Å². The molecule has 4 nitrogen and oxygen atoms in total. The van der Waals surface area contributed by atoms with Crippen molar-refractivity contribution in [3.63, 3.8) is 0 Å². The lowest BCUT2D eigenvalue weighted by molar-refractivity contribution is 0.0681. The van der Waals surface area contributed by atoms with Crippen LogP contribution in [-0.2, 0) is 9.84 Å². The second-order valence-electron chi connectivity index (χ2n) is 5.51. The van der Waals surface area contributed by atoms with Crippen molar-refractivity contribution < 1.29 is 13.2 Å². The molecule has 2 fully saturated rings. The van der Waals surface area contributed by atoms with Crippen molar-refractivity contribution in [1.29, 1.82) is 0 Å². The first-order chi connectivity index (χ1) is 9.46. The van der Waals surface area contributed by atoms with Crippen molar-refractivity contribution in [1.82, 2.24) is 4.90 Å². The molecule has 20 heavy (non-hydrogen) atoms. The summed E-state index contributed by atoms with van der Waals surface area (Å²) in [4.78, 5) is 14.4. The molecule has 1 atom stereocenters. The molecule has 1 unspecified atom stereocenters. The monoisotopic (exact) mass is 313 g/mol. The molecule has 1 saturated carbocycles. The number of nitrogens with zero attached hydrogens (tertiary/aromatic N) is 1. The average Bonchev–Trinajstić information content (AvgIpc) is 3.15. The van der Waals surface area contributed by atoms with Gasteiger partial charge in [0.2, 0.25) is 0 Å². The first-order valence-corrected chi connectivity index (χ1v) is 8.95. The fourth-order valence-electron chi connectivity index (χ4n) is 2.72. The third kappa shape index (κ3) is 2.83. The normalized spacial score (nSPS) is 24.6. The fraction of sp³-hybridized carbons (Fsp3) is 0.500. The minimum absolute atomic E-state index is 0.0775. The summed E-state index contributed by atoms with van der Waals surface area (Å²) in [6, 6.07) is 6.80. The van der Waals surface area contributed by atoms with E-state index in [0.29, 0.717) is 17.0 Å². The first-order valence-electron chi connectivity index (χ1n) is 6.75. The zero-order valence-corrected chi connectivity index (χ0v) is 12.5. The number of rotatable bonds is 3. The third-order valence-electron chi connectivity index (χ3n) is 3.87. The largest absolute Gasteiger partial charge is 0.332 e. The van der Waals surface area contributed by atoms with Gasteiger partial charge in [-0.3, -0.25) is 4.79 Å². The zero-order valence-electron chi connectivity index (χ0n) is 11.0. The van der Waals surface area contributed by atoms with Gasteiger partial charge in [0.05, 0.1) is 11.5 Å². The fourth-order valence-corrected chi connectivity index (χ4v) is 4.56. The van der Waals surface area contributed by atoms with Gasteiger partial charge in [0.1, 0.15) is 0 Å². The summed E-state index contributed by atoms with van der Waals surface area (Å²) in [5, 5.41) is 0.586. The summed E-state index contributed by atoms with van der Waals surface area (Å²) in [6.45, 7) is 0. The molecule has 1 aliphatic carbocycles. The van der Waals surface area contributed by atoms with Crippen molar-refractivity contribution in [2.45, 2.75) is 31.3 Å². The van der Waals surface area contributed by atoms with Gasteiger partial charge in [-0.05, 0) is 43.5 Å². The van der Waals surface area contributed by atoms with Crippen LogP contribution in [0.2, 0.25) is 5.02 Å². The van der Waals surface area contributed by atoms with Gasteiger partial charge in [-0.15, -0.1) is 0 Å². The molecule has 1 amide bonds. The maximum absolute atomic E-state index is 12.6. The summed E-state index contributed by atoms with van der Waals surface area (Å²) in [6.07, 6.45) is 2.49. The van der Waals surface area contributed by atoms with Gasteiger partial charge in [-0.1, -0.05) is 11.6 Å². The summed E-state index contributed by atoms with van der Waals surface area (Å²) >= 11 is 5.83. The van der Waals surface area contributed by atoms with Crippen molar-refractivity contribution in [2.24, 2.45) is 0 Å². The maximum Gasteiger partial charge on any atom is 0.254 e. The van der Waals surface area contributed by atoms with Gasteiger partial charge in [0.25, 0.3) is 5.91 Å². The second-order valence-corrected chi connectivity index (χ2v) is 8.17. The molecule has 1 aliphatic heterocycles. The van der Waals surface area contributed by atoms with Crippen LogP contribution < -0.4 is 0 Å². The molecule has 1 heterocycles. The van der Waals surface area contributed by atoms with E-state index in [-0.39, 0.29) is 29.5 Å². The number of hydrogen-bond donors (Lipinski definition) is 0. The molecule has 0 radical (unpaired) electrons. The van der Waals surface area contributed by atoms with Crippen LogP contribution >= 0.6 is 11.6 Å². The Balaban J connectivity index is 1.84. The van der Waals surface area contributed by atoms with E-state index in [2.05, 4.69) is 0 Å². The summed E-state index contributed by atoms with van der Waals surface area (Å²) in [7, 11) is -2.98. The minimum Gasteiger partial charge on any atom is -0.332 e. The molecule has 1 aromatic carbocycles. The predicted molar refractivity (Wildman–Crippen MR) is 77.7 cm³/mol. The molecule has 2 aliphatic rings. The number of carbonyl (C=O) groups is 1. The Labute approximate surface area is 123 Å². The van der Waals surface area contributed by atoms with Crippen LogP contribution in [0.5, 0.6) is 0 Å². The Hall–Kier alpha value is -1.07. The first kappa shape index (κ1) is 13.9. The number of carbonyl (C=O) groups excluding carboxylic acids is 1. The lowest BCUT2D eigenvalue weighted by atomic mass is 10.1. The van der Waals surface area contributed by atoms with Crippen LogP contribution in [-0.4, -0.2) is 42.8 Å². The van der Waals surface area contributed by atoms with Crippen LogP contribution in [0.15, 0.2) is 24.3 Å². The predicted octanol–water partition coefficient (Wildman–Crippen LogP) is 2.13. The standard InChI is InChI=1S/C14H16ClNO3S/c15-11-3-1-10(2-4-11)14(17)16(12-5-6-12)13-7-8-20(18,19)9-13/h1-4,12-13H,5-9H2. The minimum atomic E-state index is -2.98. The highest BCUT2D eigenvalue weighted by atomic mass is 35.5. The molecular weight excluding hydrogens is 298 g/mol. The van der Waals surface area contributed by atoms with E-state index >= 15 is 0 Å². The van der Waals surface area contributed by atoms with Gasteiger partial charge >= 0.3 is 0 Å². The van der Waals surface area contributed by atoms with E-state index in [9.17, 15) is 13.2 Å². The Morgan fingerprint density at radius 2 is 1.75 bits per heavy atom. The Kier molecular flexibility index (Phi) is 3.50. The quantitative estimate of drug-likeness (QED) is 0.859. The van der Waals surface area contributed by atoms with Gasteiger partial charge < -0.3 is 4.90 Å². The van der Waals surface area contributed by atoms with Crippen LogP contribution in [0.1, 0.15) is 29.6 Å². The second kappa shape index (κ2) is 5.04. The summed E-state index contributed by atoms with van der Waals surface area (Å²) in [5.41, 5.74) is 0.575. The van der Waals surface area contributed by atoms with Crippen molar-refractivity contribution in [3.05, 3.63) is 34.9 Å². The maximum atomic E-state index is 12.6. The van der Waals surface area contributed by atoms with E-state index in [1.807, 2.05) is 0 Å². The number of hydrogen-bond acceptors (Lipinski definition) is 3. The van der Waals surface area contributed by atoms with Crippen molar-refractivity contribution >= 4 is 27.3 Å². The molecule has 1 saturated heterocycles. The highest BCUT2D eigenvalue weighted by Gasteiger charge is 2.42. The molecule has 0 N–H and O–H groups in total. The number of benzene rings is 1. The third-order valence-corrected chi connectivity index (χ3v) is 5.87. The van der Waals surface area contributed by atoms with Crippen molar-refractivity contribution in [2.75, 3.05) is 11.5 Å². The van der Waals surface area contributed by atoms with E-state index in [4.69, 9.17) is 11.6 Å². The molecule has 0 spiro atoms. The van der Waals surface area contributed by atoms with Gasteiger partial charge in [0, 0.05) is 22.7 Å². The van der Waals surface area contributed by atoms with Gasteiger partial charge in [-0.2, -0.15) is 0 Å². The number of halogens is 1. The molecule has 108 valence electrons. The smallest absolute Gasteiger partial charge is 0.254 e. The molecule has 0 bridgehead atoms. The van der Waals surface area contributed by atoms with Crippen molar-refractivity contribution in [3.8, 4) is 0 Å². The van der Waals surface area contributed by atoms with E-state index in [1.165, 1.54) is 0 Å². The zero-order chi connectivity index (χ0) is 14.3. The SMILES string of the molecule is O=C(c1ccc(Cl)cc1)N(C1CC1)C1CCS(=O)(=O)C1. The highest BCUT2D eigenvalue weighted by Crippen LogP contribution is 2.33. The molecule has 3 rings (SSSR count). The van der Waals surface area contributed by atoms with Crippen LogP contribution in [0.25, 0.3) is 0 Å². The molecule has 1 aromatic rings. The Bertz CT molecular complexity index is 622. The molecular formula is C14H16ClNO3S. The lowest BCUT2D eigenvalue weighted by Gasteiger charge is -2.28. The van der Waals surface area contributed by atoms with Crippen LogP contribution in [0.4, 0.5) is 0 Å². The van der Waals surface area contributed by atoms with E-state index in [1.54, 1.807) is 29.2 Å². The Morgan fingerprint density at radius 1 is 1.10 bits per heavy atom. The topological polar surface area (TPSA) is 54.5 Å². The van der Waals surface area contributed by atoms with Crippen LogP contribution in [0, 0.1) is 0 Å². The average molecular weight is 314 g/mol. The highest BCUT2D eigenvalue weighted by molar-refractivity contribution is 7.91. The number of sulfone groups is 1. The summed E-state index contributed by atoms with van der Waals surface area (Å²) < 4.78 is 23.3.